The van der Waals surface area contributed by atoms with Crippen molar-refractivity contribution >= 4 is 62.7 Å². The number of hydrogen-bond donors (Lipinski definition) is 3. The maximum Gasteiger partial charge on any atom is 0.355 e. The molecule has 0 aromatic heterocycles. The standard InChI is InChI=1S/C30H26BrN3O10/c1-30(2,3)26(43-25(37)13-12-24(36)32-18-7-4-6-17(31)14-18)29(40)44-28(39)23-16-20(34(41)42)10-11-22(23)27(38)33-19-8-5-9-21(35)15-19/h4-16,26,35H,1-3H3,(H,32,36)(H,33,38)/b13-12-/t26-/m1/s1. The minimum absolute atomic E-state index is 0.153. The minimum Gasteiger partial charge on any atom is -0.508 e. The maximum absolute atomic E-state index is 13.1. The molecule has 14 heteroatoms. The smallest absolute Gasteiger partial charge is 0.355 e. The molecule has 0 bridgehead atoms. The molecule has 0 fully saturated rings. The Morgan fingerprint density at radius 1 is 0.909 bits per heavy atom. The van der Waals surface area contributed by atoms with Crippen molar-refractivity contribution in [3.05, 3.63) is 105 Å². The fourth-order valence-electron chi connectivity index (χ4n) is 3.62. The number of nitrogens with zero attached hydrogens (tertiary/aromatic N) is 1. The Morgan fingerprint density at radius 3 is 2.18 bits per heavy atom. The monoisotopic (exact) mass is 667 g/mol. The molecule has 228 valence electrons. The number of esters is 3. The summed E-state index contributed by atoms with van der Waals surface area (Å²) < 4.78 is 10.9. The molecule has 0 aliphatic rings. The predicted molar refractivity (Wildman–Crippen MR) is 161 cm³/mol. The number of halogens is 1. The second kappa shape index (κ2) is 14.2. The van der Waals surface area contributed by atoms with E-state index in [2.05, 4.69) is 26.6 Å². The highest BCUT2D eigenvalue weighted by Gasteiger charge is 2.38. The first-order valence-electron chi connectivity index (χ1n) is 12.7. The van der Waals surface area contributed by atoms with Crippen molar-refractivity contribution < 1.29 is 43.5 Å². The Bertz CT molecular complexity index is 1660. The van der Waals surface area contributed by atoms with Gasteiger partial charge in [0.1, 0.15) is 5.75 Å². The van der Waals surface area contributed by atoms with Crippen molar-refractivity contribution in [2.45, 2.75) is 26.9 Å². The highest BCUT2D eigenvalue weighted by molar-refractivity contribution is 9.10. The number of hydrogen-bond acceptors (Lipinski definition) is 10. The number of phenolic OH excluding ortho intramolecular Hbond substituents is 1. The Balaban J connectivity index is 1.78. The number of aromatic hydroxyl groups is 1. The molecule has 0 spiro atoms. The van der Waals surface area contributed by atoms with E-state index in [4.69, 9.17) is 9.47 Å². The number of nitro groups is 1. The Hall–Kier alpha value is -5.37. The van der Waals surface area contributed by atoms with Crippen LogP contribution in [0.2, 0.25) is 0 Å². The molecule has 3 aromatic rings. The molecule has 2 amide bonds. The van der Waals surface area contributed by atoms with Gasteiger partial charge in [0.15, 0.2) is 0 Å². The van der Waals surface area contributed by atoms with Gasteiger partial charge in [-0.05, 0) is 36.4 Å². The number of rotatable bonds is 9. The van der Waals surface area contributed by atoms with E-state index in [-0.39, 0.29) is 17.0 Å². The molecule has 0 radical (unpaired) electrons. The van der Waals surface area contributed by atoms with Crippen LogP contribution < -0.4 is 10.6 Å². The Labute approximate surface area is 259 Å². The summed E-state index contributed by atoms with van der Waals surface area (Å²) in [4.78, 5) is 74.3. The summed E-state index contributed by atoms with van der Waals surface area (Å²) in [6.07, 6.45) is 0.00541. The van der Waals surface area contributed by atoms with E-state index in [0.29, 0.717) is 10.2 Å². The van der Waals surface area contributed by atoms with Crippen molar-refractivity contribution in [3.63, 3.8) is 0 Å². The number of anilines is 2. The van der Waals surface area contributed by atoms with Gasteiger partial charge in [0.2, 0.25) is 12.0 Å². The fourth-order valence-corrected chi connectivity index (χ4v) is 4.02. The summed E-state index contributed by atoms with van der Waals surface area (Å²) in [5.41, 5.74) is -2.07. The molecule has 44 heavy (non-hydrogen) atoms. The van der Waals surface area contributed by atoms with E-state index in [1.165, 1.54) is 45.0 Å². The SMILES string of the molecule is CC(C)(C)[C@H](OC(=O)/C=C\C(=O)Nc1cccc(Br)c1)C(=O)OC(=O)c1cc([N+](=O)[O-])ccc1C(=O)Nc1cccc(O)c1. The predicted octanol–water partition coefficient (Wildman–Crippen LogP) is 5.15. The van der Waals surface area contributed by atoms with Crippen LogP contribution in [0.25, 0.3) is 0 Å². The van der Waals surface area contributed by atoms with Crippen molar-refractivity contribution in [2.75, 3.05) is 10.6 Å². The summed E-state index contributed by atoms with van der Waals surface area (Å²) in [6, 6.07) is 14.9. The number of carbonyl (C=O) groups is 5. The van der Waals surface area contributed by atoms with E-state index in [0.717, 1.165) is 30.4 Å². The Kier molecular flexibility index (Phi) is 10.7. The third-order valence-electron chi connectivity index (χ3n) is 5.67. The first-order chi connectivity index (χ1) is 20.6. The second-order valence-electron chi connectivity index (χ2n) is 10.2. The number of phenols is 1. The zero-order chi connectivity index (χ0) is 32.6. The lowest BCUT2D eigenvalue weighted by Crippen LogP contribution is -2.40. The van der Waals surface area contributed by atoms with Crippen molar-refractivity contribution in [1.82, 2.24) is 0 Å². The fraction of sp³-hybridized carbons (Fsp3) is 0.167. The normalized spacial score (nSPS) is 11.7. The molecular weight excluding hydrogens is 642 g/mol. The van der Waals surface area contributed by atoms with Gasteiger partial charge < -0.3 is 25.2 Å². The number of amides is 2. The molecule has 13 nitrogen and oxygen atoms in total. The van der Waals surface area contributed by atoms with Gasteiger partial charge in [0.25, 0.3) is 11.6 Å². The first kappa shape index (κ1) is 33.1. The molecule has 0 unspecified atom stereocenters. The van der Waals surface area contributed by atoms with Crippen LogP contribution in [0.1, 0.15) is 41.5 Å². The van der Waals surface area contributed by atoms with Crippen LogP contribution in [0.3, 0.4) is 0 Å². The van der Waals surface area contributed by atoms with Crippen LogP contribution in [0.4, 0.5) is 17.1 Å². The van der Waals surface area contributed by atoms with Crippen LogP contribution in [0.5, 0.6) is 5.75 Å². The van der Waals surface area contributed by atoms with Crippen LogP contribution in [0.15, 0.2) is 83.4 Å². The van der Waals surface area contributed by atoms with Crippen LogP contribution in [-0.2, 0) is 23.9 Å². The van der Waals surface area contributed by atoms with Crippen LogP contribution in [0, 0.1) is 15.5 Å². The van der Waals surface area contributed by atoms with Gasteiger partial charge in [-0.3, -0.25) is 19.7 Å². The quantitative estimate of drug-likeness (QED) is 0.0903. The molecule has 3 N–H and O–H groups in total. The average molecular weight is 668 g/mol. The molecule has 3 rings (SSSR count). The first-order valence-corrected chi connectivity index (χ1v) is 13.5. The molecule has 0 aliphatic heterocycles. The van der Waals surface area contributed by atoms with Gasteiger partial charge in [-0.25, -0.2) is 14.4 Å². The van der Waals surface area contributed by atoms with Crippen molar-refractivity contribution in [1.29, 1.82) is 0 Å². The molecule has 1 atom stereocenters. The van der Waals surface area contributed by atoms with E-state index in [1.807, 2.05) is 0 Å². The summed E-state index contributed by atoms with van der Waals surface area (Å²) in [6.45, 7) is 4.55. The zero-order valence-corrected chi connectivity index (χ0v) is 25.1. The third-order valence-corrected chi connectivity index (χ3v) is 6.17. The highest BCUT2D eigenvalue weighted by Crippen LogP contribution is 2.26. The van der Waals surface area contributed by atoms with Gasteiger partial charge in [-0.15, -0.1) is 0 Å². The minimum atomic E-state index is -1.67. The lowest BCUT2D eigenvalue weighted by Gasteiger charge is -2.27. The van der Waals surface area contributed by atoms with Crippen LogP contribution in [-0.4, -0.2) is 45.9 Å². The largest absolute Gasteiger partial charge is 0.508 e. The summed E-state index contributed by atoms with van der Waals surface area (Å²) in [7, 11) is 0. The lowest BCUT2D eigenvalue weighted by molar-refractivity contribution is -0.384. The van der Waals surface area contributed by atoms with Gasteiger partial charge >= 0.3 is 17.9 Å². The molecule has 0 heterocycles. The zero-order valence-electron chi connectivity index (χ0n) is 23.5. The highest BCUT2D eigenvalue weighted by atomic mass is 79.9. The molecule has 0 saturated heterocycles. The molecule has 0 saturated carbocycles. The van der Waals surface area contributed by atoms with Crippen molar-refractivity contribution in [3.8, 4) is 5.75 Å². The number of benzene rings is 3. The average Bonchev–Trinajstić information content (AvgIpc) is 2.93. The van der Waals surface area contributed by atoms with E-state index < -0.39 is 57.4 Å². The summed E-state index contributed by atoms with van der Waals surface area (Å²) in [5.74, 6) is -5.55. The number of non-ortho nitro benzene ring substituents is 1. The number of carbonyl (C=O) groups excluding carboxylic acids is 5. The van der Waals surface area contributed by atoms with E-state index in [1.54, 1.807) is 24.3 Å². The summed E-state index contributed by atoms with van der Waals surface area (Å²) in [5, 5.41) is 26.0. The molecule has 3 aromatic carbocycles. The lowest BCUT2D eigenvalue weighted by atomic mass is 9.89. The number of nitrogens with one attached hydrogen (secondary N) is 2. The van der Waals surface area contributed by atoms with Gasteiger partial charge in [0, 0.05) is 51.6 Å². The van der Waals surface area contributed by atoms with Crippen LogP contribution >= 0.6 is 15.9 Å². The van der Waals surface area contributed by atoms with Gasteiger partial charge in [-0.1, -0.05) is 48.8 Å². The molecule has 0 aliphatic carbocycles. The van der Waals surface area contributed by atoms with Gasteiger partial charge in [0.05, 0.1) is 16.1 Å². The maximum atomic E-state index is 13.1. The Morgan fingerprint density at radius 2 is 1.57 bits per heavy atom. The van der Waals surface area contributed by atoms with E-state index >= 15 is 0 Å². The van der Waals surface area contributed by atoms with Crippen molar-refractivity contribution in [2.24, 2.45) is 5.41 Å². The second-order valence-corrected chi connectivity index (χ2v) is 11.1. The summed E-state index contributed by atoms with van der Waals surface area (Å²) >= 11 is 3.27. The topological polar surface area (TPSA) is 191 Å². The number of ether oxygens (including phenoxy) is 2. The van der Waals surface area contributed by atoms with Gasteiger partial charge in [-0.2, -0.15) is 0 Å². The number of nitro benzene ring substituents is 1. The molecular formula is C30H26BrN3O10. The third kappa shape index (κ3) is 9.32. The van der Waals surface area contributed by atoms with E-state index in [9.17, 15) is 39.2 Å².